The van der Waals surface area contributed by atoms with Gasteiger partial charge >= 0.3 is 0 Å². The number of aromatic amines is 1. The minimum atomic E-state index is -3.67. The lowest BCUT2D eigenvalue weighted by atomic mass is 10.2. The smallest absolute Gasteiger partial charge is 0.267 e. The van der Waals surface area contributed by atoms with Crippen LogP contribution >= 0.6 is 0 Å². The number of hydrogen-bond acceptors (Lipinski definition) is 6. The lowest BCUT2D eigenvalue weighted by molar-refractivity contribution is 0.0946. The van der Waals surface area contributed by atoms with Gasteiger partial charge in [0.15, 0.2) is 0 Å². The predicted molar refractivity (Wildman–Crippen MR) is 118 cm³/mol. The van der Waals surface area contributed by atoms with Gasteiger partial charge in [-0.15, -0.1) is 0 Å². The summed E-state index contributed by atoms with van der Waals surface area (Å²) in [6, 6.07) is 13.2. The Morgan fingerprint density at radius 3 is 2.42 bits per heavy atom. The topological polar surface area (TPSA) is 108 Å². The molecular weight excluding hydrogens is 414 g/mol. The van der Waals surface area contributed by atoms with Crippen LogP contribution in [0.4, 0.5) is 5.82 Å². The average Bonchev–Trinajstić information content (AvgIpc) is 3.22. The van der Waals surface area contributed by atoms with Gasteiger partial charge in [-0.2, -0.15) is 0 Å². The number of anilines is 1. The second-order valence-electron chi connectivity index (χ2n) is 7.22. The zero-order valence-electron chi connectivity index (χ0n) is 17.0. The van der Waals surface area contributed by atoms with Crippen LogP contribution in [0, 0.1) is 0 Å². The minimum Gasteiger partial charge on any atom is -0.363 e. The van der Waals surface area contributed by atoms with Gasteiger partial charge in [-0.05, 0) is 42.0 Å². The highest BCUT2D eigenvalue weighted by atomic mass is 32.2. The van der Waals surface area contributed by atoms with Crippen LogP contribution in [0.15, 0.2) is 76.9 Å². The highest BCUT2D eigenvalue weighted by molar-refractivity contribution is 7.91. The summed E-state index contributed by atoms with van der Waals surface area (Å²) in [5.41, 5.74) is 2.06. The van der Waals surface area contributed by atoms with Crippen molar-refractivity contribution in [1.82, 2.24) is 20.3 Å². The Labute approximate surface area is 179 Å². The molecule has 0 aliphatic heterocycles. The van der Waals surface area contributed by atoms with Gasteiger partial charge in [0.2, 0.25) is 9.84 Å². The van der Waals surface area contributed by atoms with Crippen LogP contribution in [0.25, 0.3) is 10.9 Å². The number of nitrogens with one attached hydrogen (secondary N) is 2. The molecule has 1 aromatic carbocycles. The number of nitrogens with zero attached hydrogens (tertiary/aromatic N) is 3. The molecule has 9 heteroatoms. The van der Waals surface area contributed by atoms with Crippen molar-refractivity contribution in [3.05, 3.63) is 78.4 Å². The van der Waals surface area contributed by atoms with E-state index in [1.165, 1.54) is 18.3 Å². The molecule has 0 bridgehead atoms. The third kappa shape index (κ3) is 4.26. The molecule has 3 heterocycles. The van der Waals surface area contributed by atoms with Crippen LogP contribution in [-0.2, 0) is 16.4 Å². The van der Waals surface area contributed by atoms with E-state index in [1.54, 1.807) is 53.7 Å². The van der Waals surface area contributed by atoms with Crippen LogP contribution < -0.4 is 10.2 Å². The first-order chi connectivity index (χ1) is 14.8. The zero-order chi connectivity index (χ0) is 22.0. The second kappa shape index (κ2) is 8.19. The van der Waals surface area contributed by atoms with E-state index in [0.29, 0.717) is 11.5 Å². The lowest BCUT2D eigenvalue weighted by Crippen LogP contribution is -2.23. The normalized spacial score (nSPS) is 11.4. The molecule has 31 heavy (non-hydrogen) atoms. The highest BCUT2D eigenvalue weighted by Crippen LogP contribution is 2.22. The van der Waals surface area contributed by atoms with Gasteiger partial charge in [0.25, 0.3) is 5.91 Å². The van der Waals surface area contributed by atoms with E-state index in [4.69, 9.17) is 0 Å². The van der Waals surface area contributed by atoms with Crippen LogP contribution in [0.5, 0.6) is 0 Å². The summed E-state index contributed by atoms with van der Waals surface area (Å²) in [6.07, 6.45) is 4.70. The molecular formula is C22H21N5O3S. The van der Waals surface area contributed by atoms with Crippen molar-refractivity contribution in [3.8, 4) is 0 Å². The molecule has 0 fully saturated rings. The van der Waals surface area contributed by atoms with Crippen LogP contribution in [0.3, 0.4) is 0 Å². The molecule has 0 atom stereocenters. The first-order valence-corrected chi connectivity index (χ1v) is 11.0. The molecule has 158 valence electrons. The maximum Gasteiger partial charge on any atom is 0.267 e. The Bertz CT molecular complexity index is 1290. The summed E-state index contributed by atoms with van der Waals surface area (Å²) < 4.78 is 25.7. The van der Waals surface area contributed by atoms with E-state index in [1.807, 2.05) is 14.1 Å². The SMILES string of the molecule is CN(C)c1ccc(S(=O)(=O)c2ccc(CNC(=O)c3cc4cnccc4[nH]3)cc2)cn1. The largest absolute Gasteiger partial charge is 0.363 e. The van der Waals surface area contributed by atoms with Crippen molar-refractivity contribution in [2.45, 2.75) is 16.3 Å². The van der Waals surface area contributed by atoms with Crippen molar-refractivity contribution in [3.63, 3.8) is 0 Å². The van der Waals surface area contributed by atoms with Gasteiger partial charge in [0.05, 0.1) is 9.79 Å². The number of pyridine rings is 2. The Morgan fingerprint density at radius 1 is 1.03 bits per heavy atom. The molecule has 2 N–H and O–H groups in total. The fourth-order valence-corrected chi connectivity index (χ4v) is 4.30. The maximum atomic E-state index is 12.8. The van der Waals surface area contributed by atoms with Crippen molar-refractivity contribution >= 4 is 32.5 Å². The Balaban J connectivity index is 1.44. The molecule has 0 aliphatic carbocycles. The first kappa shape index (κ1) is 20.5. The van der Waals surface area contributed by atoms with Gasteiger partial charge in [0, 0.05) is 50.1 Å². The molecule has 0 spiro atoms. The van der Waals surface area contributed by atoms with Crippen molar-refractivity contribution in [2.75, 3.05) is 19.0 Å². The van der Waals surface area contributed by atoms with Gasteiger partial charge in [0.1, 0.15) is 11.5 Å². The van der Waals surface area contributed by atoms with Crippen molar-refractivity contribution in [2.24, 2.45) is 0 Å². The molecule has 4 aromatic rings. The highest BCUT2D eigenvalue weighted by Gasteiger charge is 2.18. The Kier molecular flexibility index (Phi) is 5.43. The summed E-state index contributed by atoms with van der Waals surface area (Å²) in [5, 5.41) is 3.68. The van der Waals surface area contributed by atoms with E-state index in [9.17, 15) is 13.2 Å². The van der Waals surface area contributed by atoms with E-state index >= 15 is 0 Å². The average molecular weight is 436 g/mol. The number of carbonyl (C=O) groups excluding carboxylic acids is 1. The van der Waals surface area contributed by atoms with Crippen LogP contribution in [-0.4, -0.2) is 43.4 Å². The second-order valence-corrected chi connectivity index (χ2v) is 9.17. The number of hydrogen-bond donors (Lipinski definition) is 2. The van der Waals surface area contributed by atoms with E-state index in [-0.39, 0.29) is 22.2 Å². The maximum absolute atomic E-state index is 12.8. The number of rotatable bonds is 6. The molecule has 8 nitrogen and oxygen atoms in total. The number of H-pyrrole nitrogens is 1. The van der Waals surface area contributed by atoms with Gasteiger partial charge in [-0.3, -0.25) is 9.78 Å². The third-order valence-corrected chi connectivity index (χ3v) is 6.60. The van der Waals surface area contributed by atoms with Crippen molar-refractivity contribution in [1.29, 1.82) is 0 Å². The predicted octanol–water partition coefficient (Wildman–Crippen LogP) is 2.79. The molecule has 0 aliphatic rings. The standard InChI is InChI=1S/C22H21N5O3S/c1-27(2)21-8-7-18(14-24-21)31(29,30)17-5-3-15(4-6-17)12-25-22(28)20-11-16-13-23-10-9-19(16)26-20/h3-11,13-14,26H,12H2,1-2H3,(H,25,28). The van der Waals surface area contributed by atoms with Crippen LogP contribution in [0.1, 0.15) is 16.1 Å². The summed E-state index contributed by atoms with van der Waals surface area (Å²) in [7, 11) is 0.00678. The summed E-state index contributed by atoms with van der Waals surface area (Å²) in [5.74, 6) is 0.427. The summed E-state index contributed by atoms with van der Waals surface area (Å²) >= 11 is 0. The molecule has 0 saturated carbocycles. The number of fused-ring (bicyclic) bond motifs is 1. The molecule has 0 unspecified atom stereocenters. The van der Waals surface area contributed by atoms with E-state index in [0.717, 1.165) is 16.5 Å². The van der Waals surface area contributed by atoms with Gasteiger partial charge < -0.3 is 15.2 Å². The Hall–Kier alpha value is -3.72. The third-order valence-electron chi connectivity index (χ3n) is 4.84. The van der Waals surface area contributed by atoms with Gasteiger partial charge in [-0.1, -0.05) is 12.1 Å². The molecule has 1 amide bonds. The quantitative estimate of drug-likeness (QED) is 0.482. The van der Waals surface area contributed by atoms with E-state index in [2.05, 4.69) is 20.3 Å². The minimum absolute atomic E-state index is 0.132. The zero-order valence-corrected chi connectivity index (χ0v) is 17.8. The lowest BCUT2D eigenvalue weighted by Gasteiger charge is -2.11. The fourth-order valence-electron chi connectivity index (χ4n) is 3.09. The first-order valence-electron chi connectivity index (χ1n) is 9.53. The number of amides is 1. The number of aromatic nitrogens is 3. The van der Waals surface area contributed by atoms with Gasteiger partial charge in [-0.25, -0.2) is 13.4 Å². The summed E-state index contributed by atoms with van der Waals surface area (Å²) in [4.78, 5) is 25.8. The monoisotopic (exact) mass is 435 g/mol. The number of carbonyl (C=O) groups is 1. The Morgan fingerprint density at radius 2 is 1.77 bits per heavy atom. The van der Waals surface area contributed by atoms with Crippen molar-refractivity contribution < 1.29 is 13.2 Å². The summed E-state index contributed by atoms with van der Waals surface area (Å²) in [6.45, 7) is 0.270. The molecule has 3 aromatic heterocycles. The van der Waals surface area contributed by atoms with Crippen LogP contribution in [0.2, 0.25) is 0 Å². The van der Waals surface area contributed by atoms with E-state index < -0.39 is 9.84 Å². The molecule has 0 saturated heterocycles. The number of sulfone groups is 1. The molecule has 4 rings (SSSR count). The number of benzene rings is 1. The fraction of sp³-hybridized carbons (Fsp3) is 0.136. The molecule has 0 radical (unpaired) electrons.